The predicted molar refractivity (Wildman–Crippen MR) is 73.3 cm³/mol. The number of benzene rings is 2. The molecule has 0 saturated carbocycles. The smallest absolute Gasteiger partial charge is 0.262 e. The topological polar surface area (TPSA) is 46.2 Å². The first-order valence-corrected chi connectivity index (χ1v) is 7.50. The number of sulfonamides is 1. The van der Waals surface area contributed by atoms with Gasteiger partial charge in [0.15, 0.2) is 11.6 Å². The predicted octanol–water partition coefficient (Wildman–Crippen LogP) is 3.87. The summed E-state index contributed by atoms with van der Waals surface area (Å²) >= 11 is 5.75. The molecule has 1 N–H and O–H groups in total. The van der Waals surface area contributed by atoms with Gasteiger partial charge in [0.2, 0.25) is 0 Å². The fraction of sp³-hybridized carbons (Fsp3) is 0.0769. The second-order valence-corrected chi connectivity index (χ2v) is 6.35. The van der Waals surface area contributed by atoms with E-state index in [4.69, 9.17) is 11.6 Å². The van der Waals surface area contributed by atoms with Crippen molar-refractivity contribution in [2.45, 2.75) is 11.8 Å². The summed E-state index contributed by atoms with van der Waals surface area (Å²) in [4.78, 5) is -0.473. The fourth-order valence-electron chi connectivity index (χ4n) is 1.58. The van der Waals surface area contributed by atoms with E-state index in [1.165, 1.54) is 13.0 Å². The lowest BCUT2D eigenvalue weighted by Crippen LogP contribution is -2.14. The molecule has 0 unspecified atom stereocenters. The van der Waals surface area contributed by atoms with Crippen molar-refractivity contribution in [2.24, 2.45) is 0 Å². The number of halogens is 4. The Morgan fingerprint density at radius 3 is 2.29 bits per heavy atom. The molecular weight excluding hydrogens is 327 g/mol. The van der Waals surface area contributed by atoms with Crippen LogP contribution < -0.4 is 4.72 Å². The number of aryl methyl sites for hydroxylation is 1. The largest absolute Gasteiger partial charge is 0.278 e. The standard InChI is InChI=1S/C13H9ClF3NO2S/c1-7-4-13(9(14)6-11(7)16)18-21(19,20)8-2-3-10(15)12(17)5-8/h2-6,18H,1H3. The van der Waals surface area contributed by atoms with Crippen LogP contribution in [-0.4, -0.2) is 8.42 Å². The molecule has 0 bridgehead atoms. The Morgan fingerprint density at radius 2 is 1.67 bits per heavy atom. The monoisotopic (exact) mass is 335 g/mol. The first-order valence-electron chi connectivity index (χ1n) is 5.64. The van der Waals surface area contributed by atoms with Crippen molar-refractivity contribution in [3.63, 3.8) is 0 Å². The summed E-state index contributed by atoms with van der Waals surface area (Å²) in [5.74, 6) is -3.04. The van der Waals surface area contributed by atoms with Gasteiger partial charge >= 0.3 is 0 Å². The maximum atomic E-state index is 13.3. The third-order valence-electron chi connectivity index (χ3n) is 2.69. The molecule has 0 fully saturated rings. The molecule has 2 rings (SSSR count). The first kappa shape index (κ1) is 15.7. The minimum Gasteiger partial charge on any atom is -0.278 e. The van der Waals surface area contributed by atoms with Crippen molar-refractivity contribution in [1.82, 2.24) is 0 Å². The molecule has 0 aliphatic heterocycles. The Kier molecular flexibility index (Phi) is 4.15. The molecule has 0 saturated heterocycles. The molecule has 0 heterocycles. The number of anilines is 1. The summed E-state index contributed by atoms with van der Waals surface area (Å²) in [6.07, 6.45) is 0. The van der Waals surface area contributed by atoms with Gasteiger partial charge in [0.05, 0.1) is 15.6 Å². The van der Waals surface area contributed by atoms with Gasteiger partial charge < -0.3 is 0 Å². The van der Waals surface area contributed by atoms with Crippen LogP contribution in [-0.2, 0) is 10.0 Å². The Hall–Kier alpha value is -1.73. The highest BCUT2D eigenvalue weighted by molar-refractivity contribution is 7.92. The summed E-state index contributed by atoms with van der Waals surface area (Å²) in [6, 6.07) is 4.31. The molecule has 0 aliphatic rings. The lowest BCUT2D eigenvalue weighted by Gasteiger charge is -2.11. The van der Waals surface area contributed by atoms with Crippen molar-refractivity contribution >= 4 is 27.3 Å². The average molecular weight is 336 g/mol. The van der Waals surface area contributed by atoms with Gasteiger partial charge in [0.25, 0.3) is 10.0 Å². The minimum atomic E-state index is -4.17. The molecular formula is C13H9ClF3NO2S. The van der Waals surface area contributed by atoms with Gasteiger partial charge in [-0.05, 0) is 42.8 Å². The highest BCUT2D eigenvalue weighted by Crippen LogP contribution is 2.27. The molecule has 0 aromatic heterocycles. The molecule has 2 aromatic carbocycles. The normalized spacial score (nSPS) is 11.5. The Labute approximate surface area is 124 Å². The number of hydrogen-bond donors (Lipinski definition) is 1. The van der Waals surface area contributed by atoms with E-state index < -0.39 is 32.4 Å². The Bertz CT molecular complexity index is 809. The van der Waals surface area contributed by atoms with E-state index in [0.29, 0.717) is 12.1 Å². The van der Waals surface area contributed by atoms with Gasteiger partial charge in [-0.1, -0.05) is 11.6 Å². The van der Waals surface area contributed by atoms with Crippen molar-refractivity contribution in [3.8, 4) is 0 Å². The van der Waals surface area contributed by atoms with Crippen molar-refractivity contribution in [2.75, 3.05) is 4.72 Å². The SMILES string of the molecule is Cc1cc(NS(=O)(=O)c2ccc(F)c(F)c2)c(Cl)cc1F. The van der Waals surface area contributed by atoms with Crippen LogP contribution in [0.4, 0.5) is 18.9 Å². The van der Waals surface area contributed by atoms with E-state index >= 15 is 0 Å². The summed E-state index contributed by atoms with van der Waals surface area (Å²) < 4.78 is 65.4. The first-order chi connectivity index (χ1) is 9.70. The Balaban J connectivity index is 2.42. The van der Waals surface area contributed by atoms with Crippen molar-refractivity contribution < 1.29 is 21.6 Å². The molecule has 0 radical (unpaired) electrons. The zero-order chi connectivity index (χ0) is 15.8. The maximum absolute atomic E-state index is 13.3. The molecule has 0 atom stereocenters. The van der Waals surface area contributed by atoms with Gasteiger partial charge in [-0.3, -0.25) is 4.72 Å². The zero-order valence-electron chi connectivity index (χ0n) is 10.6. The summed E-state index contributed by atoms with van der Waals surface area (Å²) in [7, 11) is -4.17. The van der Waals surface area contributed by atoms with E-state index in [-0.39, 0.29) is 16.3 Å². The lowest BCUT2D eigenvalue weighted by molar-refractivity contribution is 0.504. The van der Waals surface area contributed by atoms with E-state index in [9.17, 15) is 21.6 Å². The average Bonchev–Trinajstić information content (AvgIpc) is 2.39. The molecule has 0 spiro atoms. The maximum Gasteiger partial charge on any atom is 0.262 e. The highest BCUT2D eigenvalue weighted by atomic mass is 35.5. The van der Waals surface area contributed by atoms with Gasteiger partial charge in [0, 0.05) is 0 Å². The van der Waals surface area contributed by atoms with E-state index in [0.717, 1.165) is 12.1 Å². The molecule has 3 nitrogen and oxygen atoms in total. The summed E-state index contributed by atoms with van der Waals surface area (Å²) in [5, 5.41) is -0.149. The van der Waals surface area contributed by atoms with E-state index in [2.05, 4.69) is 4.72 Å². The van der Waals surface area contributed by atoms with Gasteiger partial charge in [-0.25, -0.2) is 21.6 Å². The third kappa shape index (κ3) is 3.30. The number of nitrogens with one attached hydrogen (secondary N) is 1. The molecule has 0 amide bonds. The molecule has 8 heteroatoms. The number of rotatable bonds is 3. The van der Waals surface area contributed by atoms with Crippen molar-refractivity contribution in [1.29, 1.82) is 0 Å². The van der Waals surface area contributed by atoms with Crippen LogP contribution in [0.2, 0.25) is 5.02 Å². The second kappa shape index (κ2) is 5.57. The molecule has 21 heavy (non-hydrogen) atoms. The van der Waals surface area contributed by atoms with Crippen LogP contribution in [0.5, 0.6) is 0 Å². The van der Waals surface area contributed by atoms with Crippen LogP contribution >= 0.6 is 11.6 Å². The minimum absolute atomic E-state index is 0.0553. The second-order valence-electron chi connectivity index (χ2n) is 4.26. The summed E-state index contributed by atoms with van der Waals surface area (Å²) in [6.45, 7) is 1.43. The van der Waals surface area contributed by atoms with E-state index in [1.807, 2.05) is 0 Å². The zero-order valence-corrected chi connectivity index (χ0v) is 12.2. The van der Waals surface area contributed by atoms with Crippen LogP contribution in [0.15, 0.2) is 35.2 Å². The highest BCUT2D eigenvalue weighted by Gasteiger charge is 2.18. The van der Waals surface area contributed by atoms with E-state index in [1.54, 1.807) is 0 Å². The van der Waals surface area contributed by atoms with Gasteiger partial charge in [-0.15, -0.1) is 0 Å². The van der Waals surface area contributed by atoms with Crippen LogP contribution in [0, 0.1) is 24.4 Å². The van der Waals surface area contributed by atoms with Crippen LogP contribution in [0.25, 0.3) is 0 Å². The molecule has 0 aliphatic carbocycles. The third-order valence-corrected chi connectivity index (χ3v) is 4.37. The van der Waals surface area contributed by atoms with Crippen molar-refractivity contribution in [3.05, 3.63) is 58.4 Å². The van der Waals surface area contributed by atoms with Gasteiger partial charge in [0.1, 0.15) is 5.82 Å². The Morgan fingerprint density at radius 1 is 1.00 bits per heavy atom. The van der Waals surface area contributed by atoms with Gasteiger partial charge in [-0.2, -0.15) is 0 Å². The lowest BCUT2D eigenvalue weighted by atomic mass is 10.2. The van der Waals surface area contributed by atoms with Crippen LogP contribution in [0.1, 0.15) is 5.56 Å². The number of hydrogen-bond acceptors (Lipinski definition) is 2. The fourth-order valence-corrected chi connectivity index (χ4v) is 2.92. The molecule has 2 aromatic rings. The summed E-state index contributed by atoms with van der Waals surface area (Å²) in [5.41, 5.74) is 0.127. The quantitative estimate of drug-likeness (QED) is 0.925. The van der Waals surface area contributed by atoms with Crippen LogP contribution in [0.3, 0.4) is 0 Å². The molecule has 112 valence electrons.